The summed E-state index contributed by atoms with van der Waals surface area (Å²) in [5.41, 5.74) is -9.39. The average molecular weight is 599 g/mol. The van der Waals surface area contributed by atoms with Crippen LogP contribution in [0.5, 0.6) is 0 Å². The molecule has 13 heteroatoms. The minimum absolute atomic E-state index is 0.00826. The van der Waals surface area contributed by atoms with E-state index in [9.17, 15) is 57.8 Å². The number of benzene rings is 2. The number of aliphatic hydroxyl groups is 1. The zero-order chi connectivity index (χ0) is 31.5. The molecule has 0 aliphatic heterocycles. The first-order chi connectivity index (χ1) is 17.9. The van der Waals surface area contributed by atoms with Crippen molar-refractivity contribution in [3.05, 3.63) is 70.8 Å². The zero-order valence-electron chi connectivity index (χ0n) is 22.2. The first-order valence-electron chi connectivity index (χ1n) is 12.1. The van der Waals surface area contributed by atoms with Crippen LogP contribution in [0.25, 0.3) is 0 Å². The molecule has 0 aliphatic rings. The van der Waals surface area contributed by atoms with Crippen molar-refractivity contribution >= 4 is 0 Å². The highest BCUT2D eigenvalue weighted by molar-refractivity contribution is 5.34. The van der Waals surface area contributed by atoms with E-state index in [0.717, 1.165) is 24.1 Å². The molecule has 1 N–H and O–H groups in total. The highest BCUT2D eigenvalue weighted by Crippen LogP contribution is 2.52. The topological polar surface area (TPSA) is 20.2 Å². The lowest BCUT2D eigenvalue weighted by Gasteiger charge is -2.34. The standard InChI is InChI=1S/C14H16F6.C13H14F6O/c1-4-9(2)10-5-7-11(8-6-10)12(3,13(15,16)17)14(18,19)20;1-3-8(2)9-4-6-10(7-5-9)11(20,12(14,15)16)13(17,18)19/h5-9H,4H2,1-3H3;4-8,20H,3H2,1-2H3. The van der Waals surface area contributed by atoms with Crippen LogP contribution in [0.2, 0.25) is 0 Å². The Morgan fingerprint density at radius 3 is 1.02 bits per heavy atom. The number of halogens is 12. The summed E-state index contributed by atoms with van der Waals surface area (Å²) in [6.45, 7) is 7.58. The highest BCUT2D eigenvalue weighted by atomic mass is 19.4. The normalized spacial score (nSPS) is 15.2. The summed E-state index contributed by atoms with van der Waals surface area (Å²) in [5.74, 6) is 0.0981. The maximum Gasteiger partial charge on any atom is 0.430 e. The molecule has 1 nitrogen and oxygen atoms in total. The maximum absolute atomic E-state index is 12.9. The van der Waals surface area contributed by atoms with Crippen molar-refractivity contribution in [1.82, 2.24) is 0 Å². The second-order valence-electron chi connectivity index (χ2n) is 9.69. The summed E-state index contributed by atoms with van der Waals surface area (Å²) >= 11 is 0. The predicted octanol–water partition coefficient (Wildman–Crippen LogP) is 10.1. The summed E-state index contributed by atoms with van der Waals surface area (Å²) in [4.78, 5) is 0. The van der Waals surface area contributed by atoms with Gasteiger partial charge < -0.3 is 5.11 Å². The van der Waals surface area contributed by atoms with Gasteiger partial charge in [-0.2, -0.15) is 52.7 Å². The molecule has 0 saturated heterocycles. The molecule has 0 saturated carbocycles. The van der Waals surface area contributed by atoms with E-state index in [1.54, 1.807) is 6.92 Å². The van der Waals surface area contributed by atoms with Gasteiger partial charge in [-0.05, 0) is 48.3 Å². The number of hydrogen-bond acceptors (Lipinski definition) is 1. The van der Waals surface area contributed by atoms with Gasteiger partial charge in [-0.15, -0.1) is 0 Å². The zero-order valence-corrected chi connectivity index (χ0v) is 22.2. The SMILES string of the molecule is CCC(C)c1ccc(C(C)(C(F)(F)F)C(F)(F)F)cc1.CCC(C)c1ccc(C(O)(C(F)(F)F)C(F)(F)F)cc1. The molecule has 0 fully saturated rings. The van der Waals surface area contributed by atoms with Crippen molar-refractivity contribution in [3.63, 3.8) is 0 Å². The predicted molar refractivity (Wildman–Crippen MR) is 126 cm³/mol. The van der Waals surface area contributed by atoms with Crippen LogP contribution in [-0.4, -0.2) is 29.8 Å². The van der Waals surface area contributed by atoms with Gasteiger partial charge in [0.15, 0.2) is 5.41 Å². The van der Waals surface area contributed by atoms with Crippen LogP contribution in [0.4, 0.5) is 52.7 Å². The van der Waals surface area contributed by atoms with Crippen molar-refractivity contribution < 1.29 is 57.8 Å². The smallest absolute Gasteiger partial charge is 0.369 e. The van der Waals surface area contributed by atoms with E-state index in [1.807, 2.05) is 20.8 Å². The summed E-state index contributed by atoms with van der Waals surface area (Å²) in [6, 6.07) is 8.19. The lowest BCUT2D eigenvalue weighted by Crippen LogP contribution is -2.53. The molecular weight excluding hydrogens is 568 g/mol. The number of rotatable bonds is 6. The molecule has 2 aromatic carbocycles. The third-order valence-corrected chi connectivity index (χ3v) is 7.13. The Bertz CT molecular complexity index is 946. The first kappa shape index (κ1) is 35.6. The molecule has 0 heterocycles. The van der Waals surface area contributed by atoms with Gasteiger partial charge in [0.25, 0.3) is 5.60 Å². The van der Waals surface area contributed by atoms with Gasteiger partial charge in [0.2, 0.25) is 0 Å². The van der Waals surface area contributed by atoms with E-state index in [2.05, 4.69) is 0 Å². The Labute approximate surface area is 224 Å². The molecule has 0 aromatic heterocycles. The maximum atomic E-state index is 12.9. The van der Waals surface area contributed by atoms with Crippen molar-refractivity contribution in [2.45, 2.75) is 95.0 Å². The van der Waals surface area contributed by atoms with Gasteiger partial charge in [0, 0.05) is 5.56 Å². The summed E-state index contributed by atoms with van der Waals surface area (Å²) in [7, 11) is 0. The van der Waals surface area contributed by atoms with Crippen LogP contribution < -0.4 is 0 Å². The fourth-order valence-electron chi connectivity index (χ4n) is 3.65. The summed E-state index contributed by atoms with van der Waals surface area (Å²) in [6.07, 6.45) is -21.0. The molecule has 228 valence electrons. The Morgan fingerprint density at radius 1 is 0.525 bits per heavy atom. The quantitative estimate of drug-likeness (QED) is 0.328. The fourth-order valence-corrected chi connectivity index (χ4v) is 3.65. The molecule has 40 heavy (non-hydrogen) atoms. The third-order valence-electron chi connectivity index (χ3n) is 7.13. The van der Waals surface area contributed by atoms with Crippen molar-refractivity contribution in [2.75, 3.05) is 0 Å². The Morgan fingerprint density at radius 2 is 0.800 bits per heavy atom. The Hall–Kier alpha value is -2.44. The average Bonchev–Trinajstić information content (AvgIpc) is 2.84. The van der Waals surface area contributed by atoms with Gasteiger partial charge in [0.1, 0.15) is 0 Å². The molecule has 0 bridgehead atoms. The van der Waals surface area contributed by atoms with Crippen LogP contribution in [0, 0.1) is 0 Å². The Balaban J connectivity index is 0.000000400. The van der Waals surface area contributed by atoms with Gasteiger partial charge in [-0.3, -0.25) is 0 Å². The van der Waals surface area contributed by atoms with Gasteiger partial charge >= 0.3 is 24.7 Å². The molecular formula is C27H30F12O. The number of hydrogen-bond donors (Lipinski definition) is 1. The van der Waals surface area contributed by atoms with E-state index >= 15 is 0 Å². The van der Waals surface area contributed by atoms with E-state index < -0.39 is 46.8 Å². The van der Waals surface area contributed by atoms with Crippen LogP contribution in [0.1, 0.15) is 81.5 Å². The third kappa shape index (κ3) is 7.06. The minimum Gasteiger partial charge on any atom is -0.369 e. The van der Waals surface area contributed by atoms with Crippen LogP contribution in [-0.2, 0) is 11.0 Å². The number of alkyl halides is 12. The molecule has 2 unspecified atom stereocenters. The summed E-state index contributed by atoms with van der Waals surface area (Å²) in [5, 5.41) is 9.19. The molecule has 2 atom stereocenters. The fraction of sp³-hybridized carbons (Fsp3) is 0.556. The van der Waals surface area contributed by atoms with Gasteiger partial charge in [-0.1, -0.05) is 76.2 Å². The molecule has 0 radical (unpaired) electrons. The minimum atomic E-state index is -5.84. The molecule has 2 aromatic rings. The van der Waals surface area contributed by atoms with E-state index in [0.29, 0.717) is 24.1 Å². The van der Waals surface area contributed by atoms with Crippen LogP contribution in [0.3, 0.4) is 0 Å². The lowest BCUT2D eigenvalue weighted by molar-refractivity contribution is -0.376. The van der Waals surface area contributed by atoms with E-state index in [-0.39, 0.29) is 18.8 Å². The van der Waals surface area contributed by atoms with Crippen LogP contribution in [0.15, 0.2) is 48.5 Å². The van der Waals surface area contributed by atoms with Gasteiger partial charge in [-0.25, -0.2) is 0 Å². The van der Waals surface area contributed by atoms with E-state index in [4.69, 9.17) is 0 Å². The molecule has 0 aliphatic carbocycles. The second-order valence-corrected chi connectivity index (χ2v) is 9.69. The molecule has 2 rings (SSSR count). The van der Waals surface area contributed by atoms with Crippen LogP contribution >= 0.6 is 0 Å². The monoisotopic (exact) mass is 598 g/mol. The highest BCUT2D eigenvalue weighted by Gasteiger charge is 2.71. The lowest BCUT2D eigenvalue weighted by atomic mass is 9.80. The van der Waals surface area contributed by atoms with Crippen molar-refractivity contribution in [2.24, 2.45) is 0 Å². The summed E-state index contributed by atoms with van der Waals surface area (Å²) < 4.78 is 153. The second kappa shape index (κ2) is 12.2. The first-order valence-corrected chi connectivity index (χ1v) is 12.1. The molecule has 0 amide bonds. The van der Waals surface area contributed by atoms with Crippen molar-refractivity contribution in [3.8, 4) is 0 Å². The Kier molecular flexibility index (Phi) is 10.9. The van der Waals surface area contributed by atoms with Crippen molar-refractivity contribution in [1.29, 1.82) is 0 Å². The largest absolute Gasteiger partial charge is 0.430 e. The van der Waals surface area contributed by atoms with E-state index in [1.165, 1.54) is 24.3 Å². The van der Waals surface area contributed by atoms with Gasteiger partial charge in [0.05, 0.1) is 0 Å². The molecule has 0 spiro atoms.